The molecule has 0 bridgehead atoms. The normalized spacial score (nSPS) is 17.9. The number of aryl methyl sites for hydroxylation is 2. The molecule has 2 aromatic rings. The first kappa shape index (κ1) is 34.8. The van der Waals surface area contributed by atoms with E-state index in [1.165, 1.54) is 12.1 Å². The first-order valence-corrected chi connectivity index (χ1v) is 15.9. The molecule has 11 heteroatoms. The monoisotopic (exact) mass is 675 g/mol. The van der Waals surface area contributed by atoms with Crippen molar-refractivity contribution >= 4 is 30.4 Å². The molecule has 0 amide bonds. The summed E-state index contributed by atoms with van der Waals surface area (Å²) in [5, 5.41) is 0. The number of benzene rings is 2. The van der Waals surface area contributed by atoms with Crippen LogP contribution in [0.25, 0.3) is 0 Å². The van der Waals surface area contributed by atoms with Crippen LogP contribution in [-0.4, -0.2) is 42.5 Å². The quantitative estimate of drug-likeness (QED) is 0.156. The van der Waals surface area contributed by atoms with Crippen molar-refractivity contribution in [2.24, 2.45) is 4.99 Å². The Labute approximate surface area is 257 Å². The van der Waals surface area contributed by atoms with Gasteiger partial charge in [-0.3, -0.25) is 0 Å². The molecule has 234 valence electrons. The van der Waals surface area contributed by atoms with E-state index in [4.69, 9.17) is 23.0 Å². The van der Waals surface area contributed by atoms with Gasteiger partial charge >= 0.3 is 14.8 Å². The van der Waals surface area contributed by atoms with Crippen molar-refractivity contribution in [1.82, 2.24) is 0 Å². The van der Waals surface area contributed by atoms with Crippen molar-refractivity contribution in [3.63, 3.8) is 0 Å². The van der Waals surface area contributed by atoms with Crippen molar-refractivity contribution < 1.29 is 36.2 Å². The molecule has 1 atom stereocenters. The number of nitrogens with zero attached hydrogens (tertiary/aromatic N) is 1. The zero-order valence-corrected chi connectivity index (χ0v) is 27.9. The lowest BCUT2D eigenvalue weighted by Crippen LogP contribution is -2.35. The van der Waals surface area contributed by atoms with Gasteiger partial charge in [-0.05, 0) is 103 Å². The molecule has 3 rings (SSSR count). The minimum absolute atomic E-state index is 0.147. The highest BCUT2D eigenvalue weighted by Gasteiger charge is 2.39. The second-order valence-corrected chi connectivity index (χ2v) is 14.4. The maximum absolute atomic E-state index is 14.0. The smallest absolute Gasteiger partial charge is 0.419 e. The third kappa shape index (κ3) is 11.8. The van der Waals surface area contributed by atoms with Gasteiger partial charge in [0.05, 0.1) is 30.0 Å². The van der Waals surface area contributed by atoms with Gasteiger partial charge in [-0.1, -0.05) is 34.1 Å². The van der Waals surface area contributed by atoms with E-state index in [1.807, 2.05) is 65.8 Å². The molecule has 6 nitrogen and oxygen atoms in total. The summed E-state index contributed by atoms with van der Waals surface area (Å²) in [5.74, 6) is 0.349. The third-order valence-corrected chi connectivity index (χ3v) is 8.35. The van der Waals surface area contributed by atoms with Gasteiger partial charge in [0.15, 0.2) is 5.90 Å². The fourth-order valence-electron chi connectivity index (χ4n) is 4.17. The molecule has 0 fully saturated rings. The molecule has 0 saturated heterocycles. The molecule has 0 spiro atoms. The Balaban J connectivity index is 1.67. The molecule has 0 aromatic heterocycles. The van der Waals surface area contributed by atoms with Crippen LogP contribution in [0.15, 0.2) is 51.9 Å². The van der Waals surface area contributed by atoms with Crippen molar-refractivity contribution in [2.45, 2.75) is 97.1 Å². The molecule has 0 saturated carbocycles. The Morgan fingerprint density at radius 3 is 2.10 bits per heavy atom. The highest BCUT2D eigenvalue weighted by molar-refractivity contribution is 9.10. The lowest BCUT2D eigenvalue weighted by molar-refractivity contribution is -0.139. The van der Waals surface area contributed by atoms with E-state index in [2.05, 4.69) is 20.9 Å². The number of rotatable bonds is 13. The van der Waals surface area contributed by atoms with Crippen LogP contribution in [0.4, 0.5) is 13.2 Å². The van der Waals surface area contributed by atoms with E-state index in [-0.39, 0.29) is 25.6 Å². The van der Waals surface area contributed by atoms with Crippen molar-refractivity contribution in [1.29, 1.82) is 0 Å². The van der Waals surface area contributed by atoms with E-state index in [9.17, 15) is 13.2 Å². The van der Waals surface area contributed by atoms with Crippen LogP contribution >= 0.6 is 24.5 Å². The fraction of sp³-hybridized carbons (Fsp3) is 0.581. The molecule has 2 aromatic carbocycles. The van der Waals surface area contributed by atoms with Crippen LogP contribution < -0.4 is 4.74 Å². The number of aliphatic imine (C=N–C) groups is 1. The van der Waals surface area contributed by atoms with Crippen LogP contribution in [0.3, 0.4) is 0 Å². The topological polar surface area (TPSA) is 58.5 Å². The third-order valence-electron chi connectivity index (χ3n) is 6.09. The highest BCUT2D eigenvalue weighted by Crippen LogP contribution is 2.48. The van der Waals surface area contributed by atoms with E-state index >= 15 is 0 Å². The molecule has 0 radical (unpaired) electrons. The maximum atomic E-state index is 14.0. The lowest BCUT2D eigenvalue weighted by atomic mass is 9.93. The fourth-order valence-corrected chi connectivity index (χ4v) is 5.82. The first-order valence-electron chi connectivity index (χ1n) is 14.0. The van der Waals surface area contributed by atoms with Gasteiger partial charge in [-0.15, -0.1) is 0 Å². The largest absolute Gasteiger partial charge is 0.493 e. The summed E-state index contributed by atoms with van der Waals surface area (Å²) in [5.41, 5.74) is -0.908. The van der Waals surface area contributed by atoms with Crippen molar-refractivity contribution in [3.8, 4) is 5.75 Å². The average Bonchev–Trinajstić information content (AvgIpc) is 3.24. The summed E-state index contributed by atoms with van der Waals surface area (Å²) in [4.78, 5) is 4.69. The summed E-state index contributed by atoms with van der Waals surface area (Å²) in [6.07, 6.45) is -2.48. The van der Waals surface area contributed by atoms with Crippen LogP contribution in [0.5, 0.6) is 5.75 Å². The molecular formula is C31H42BrF3NO5P. The molecule has 42 heavy (non-hydrogen) atoms. The lowest BCUT2D eigenvalue weighted by Gasteiger charge is -2.32. The Bertz CT molecular complexity index is 1180. The number of hydrogen-bond donors (Lipinski definition) is 0. The minimum Gasteiger partial charge on any atom is -0.493 e. The summed E-state index contributed by atoms with van der Waals surface area (Å²) in [6, 6.07) is 12.1. The molecule has 1 aliphatic heterocycles. The maximum Gasteiger partial charge on any atom is 0.419 e. The average molecular weight is 677 g/mol. The van der Waals surface area contributed by atoms with Crippen LogP contribution in [0, 0.1) is 0 Å². The zero-order valence-electron chi connectivity index (χ0n) is 25.4. The first-order chi connectivity index (χ1) is 19.4. The summed E-state index contributed by atoms with van der Waals surface area (Å²) < 4.78 is 72.5. The van der Waals surface area contributed by atoms with Crippen LogP contribution in [-0.2, 0) is 37.3 Å². The van der Waals surface area contributed by atoms with Gasteiger partial charge < -0.3 is 23.0 Å². The van der Waals surface area contributed by atoms with Crippen LogP contribution in [0.2, 0.25) is 0 Å². The Hall–Kier alpha value is -1.71. The second kappa shape index (κ2) is 14.4. The minimum atomic E-state index is -4.55. The van der Waals surface area contributed by atoms with Gasteiger partial charge in [0.25, 0.3) is 0 Å². The highest BCUT2D eigenvalue weighted by atomic mass is 79.9. The molecule has 1 heterocycles. The summed E-state index contributed by atoms with van der Waals surface area (Å²) >= 11 is 3.40. The number of halogens is 4. The summed E-state index contributed by atoms with van der Waals surface area (Å²) in [6.45, 7) is 13.9. The van der Waals surface area contributed by atoms with Gasteiger partial charge in [-0.25, -0.2) is 4.99 Å². The van der Waals surface area contributed by atoms with E-state index in [0.717, 1.165) is 10.0 Å². The van der Waals surface area contributed by atoms with Crippen molar-refractivity contribution in [2.75, 3.05) is 19.8 Å². The number of hydrogen-bond acceptors (Lipinski definition) is 6. The van der Waals surface area contributed by atoms with E-state index in [1.54, 1.807) is 13.0 Å². The van der Waals surface area contributed by atoms with E-state index < -0.39 is 37.1 Å². The zero-order chi connectivity index (χ0) is 31.2. The van der Waals surface area contributed by atoms with E-state index in [0.29, 0.717) is 37.1 Å². The molecule has 0 aliphatic carbocycles. The molecular weight excluding hydrogens is 634 g/mol. The predicted octanol–water partition coefficient (Wildman–Crippen LogP) is 9.47. The van der Waals surface area contributed by atoms with Gasteiger partial charge in [-0.2, -0.15) is 13.2 Å². The SMILES string of the molecule is CC1=NC(CCc2ccc(OCCCc3ccc(Br)cc3)c(C(F)(F)F)c2)(COP(OC(C)(C)C)OC(C)(C)C)CO1. The Kier molecular flexibility index (Phi) is 11.9. The van der Waals surface area contributed by atoms with Crippen LogP contribution in [0.1, 0.15) is 78.0 Å². The Morgan fingerprint density at radius 2 is 1.55 bits per heavy atom. The molecule has 0 N–H and O–H groups in total. The molecule has 1 unspecified atom stereocenters. The summed E-state index contributed by atoms with van der Waals surface area (Å²) in [7, 11) is -1.71. The second-order valence-electron chi connectivity index (χ2n) is 12.5. The standard InChI is InChI=1S/C31H42BrF3NO5P/c1-22-36-30(20-38-22,21-39-42(40-28(2,3)4)41-29(5,6)7)17-16-24-12-15-27(26(19-24)31(33,34)35)37-18-8-9-23-10-13-25(32)14-11-23/h10-15,19H,8-9,16-18,20-21H2,1-7H3. The van der Waals surface area contributed by atoms with Gasteiger partial charge in [0.2, 0.25) is 0 Å². The predicted molar refractivity (Wildman–Crippen MR) is 164 cm³/mol. The number of alkyl halides is 3. The van der Waals surface area contributed by atoms with Gasteiger partial charge in [0.1, 0.15) is 17.9 Å². The van der Waals surface area contributed by atoms with Gasteiger partial charge in [0, 0.05) is 11.4 Å². The molecule has 1 aliphatic rings. The Morgan fingerprint density at radius 1 is 0.929 bits per heavy atom. The number of ether oxygens (including phenoxy) is 2. The van der Waals surface area contributed by atoms with Crippen molar-refractivity contribution in [3.05, 3.63) is 63.6 Å².